The molecule has 3 aromatic carbocycles. The van der Waals surface area contributed by atoms with Crippen LogP contribution in [0.25, 0.3) is 10.4 Å². The summed E-state index contributed by atoms with van der Waals surface area (Å²) in [5, 5.41) is 15.0. The minimum Gasteiger partial charge on any atom is -0.444 e. The number of nitrogens with one attached hydrogen (secondary N) is 4. The first-order valence-electron chi connectivity index (χ1n) is 21.1. The molecule has 4 N–H and O–H groups in total. The second-order valence-electron chi connectivity index (χ2n) is 15.7. The maximum atomic E-state index is 13.7. The predicted octanol–water partition coefficient (Wildman–Crippen LogP) is 7.97. The van der Waals surface area contributed by atoms with Crippen molar-refractivity contribution >= 4 is 64.8 Å². The average molecular weight is 962 g/mol. The number of halogens is 4. The molecule has 17 nitrogen and oxygen atoms in total. The summed E-state index contributed by atoms with van der Waals surface area (Å²) in [5.41, 5.74) is 10.9. The van der Waals surface area contributed by atoms with Crippen LogP contribution in [-0.2, 0) is 35.7 Å². The van der Waals surface area contributed by atoms with Gasteiger partial charge in [-0.25, -0.2) is 10.2 Å². The molecule has 1 fully saturated rings. The summed E-state index contributed by atoms with van der Waals surface area (Å²) in [6, 6.07) is 14.1. The Balaban J connectivity index is 1.36. The van der Waals surface area contributed by atoms with Crippen molar-refractivity contribution in [1.29, 1.82) is 0 Å². The molecule has 1 heterocycles. The van der Waals surface area contributed by atoms with Crippen LogP contribution >= 0.6 is 23.4 Å². The van der Waals surface area contributed by atoms with E-state index in [0.29, 0.717) is 32.2 Å². The molecule has 0 aromatic heterocycles. The molecule has 0 bridgehead atoms. The normalized spacial score (nSPS) is 13.4. The molecule has 1 unspecified atom stereocenters. The van der Waals surface area contributed by atoms with Gasteiger partial charge in [0, 0.05) is 53.8 Å². The monoisotopic (exact) mass is 961 g/mol. The maximum Gasteiger partial charge on any atom is 0.417 e. The number of alkyl carbamates (subject to hydrolysis) is 1. The van der Waals surface area contributed by atoms with Crippen LogP contribution in [0.2, 0.25) is 5.02 Å². The first kappa shape index (κ1) is 53.0. The Morgan fingerprint density at radius 1 is 0.909 bits per heavy atom. The first-order valence-corrected chi connectivity index (χ1v) is 22.7. The number of carbonyl (C=O) groups excluding carboxylic acids is 4. The van der Waals surface area contributed by atoms with Crippen LogP contribution in [0.4, 0.5) is 29.3 Å². The van der Waals surface area contributed by atoms with Crippen LogP contribution in [-0.4, -0.2) is 113 Å². The van der Waals surface area contributed by atoms with E-state index in [1.54, 1.807) is 57.2 Å². The maximum absolute atomic E-state index is 13.7. The van der Waals surface area contributed by atoms with E-state index in [9.17, 15) is 32.3 Å². The molecule has 0 saturated carbocycles. The lowest BCUT2D eigenvalue weighted by Crippen LogP contribution is -2.50. The average Bonchev–Trinajstić information content (AvgIpc) is 3.27. The molecule has 1 aliphatic rings. The molecule has 0 aliphatic carbocycles. The van der Waals surface area contributed by atoms with Crippen molar-refractivity contribution in [2.24, 2.45) is 10.2 Å². The zero-order chi connectivity index (χ0) is 48.0. The van der Waals surface area contributed by atoms with Gasteiger partial charge in [0.15, 0.2) is 0 Å². The van der Waals surface area contributed by atoms with Gasteiger partial charge in [-0.3, -0.25) is 14.4 Å². The highest BCUT2D eigenvalue weighted by Gasteiger charge is 2.33. The molecule has 66 heavy (non-hydrogen) atoms. The zero-order valence-corrected chi connectivity index (χ0v) is 38.5. The van der Waals surface area contributed by atoms with Crippen molar-refractivity contribution in [3.05, 3.63) is 104 Å². The van der Waals surface area contributed by atoms with Gasteiger partial charge in [-0.15, -0.1) is 0 Å². The molecule has 4 amide bonds. The van der Waals surface area contributed by atoms with Crippen LogP contribution in [0.3, 0.4) is 0 Å². The molecule has 1 aliphatic heterocycles. The summed E-state index contributed by atoms with van der Waals surface area (Å²) >= 11 is 7.08. The lowest BCUT2D eigenvalue weighted by Gasteiger charge is -2.29. The Kier molecular flexibility index (Phi) is 21.8. The molecule has 3 aromatic rings. The number of ether oxygens (including phenoxy) is 4. The van der Waals surface area contributed by atoms with Gasteiger partial charge in [-0.2, -0.15) is 30.0 Å². The van der Waals surface area contributed by atoms with Crippen molar-refractivity contribution in [2.45, 2.75) is 63.6 Å². The van der Waals surface area contributed by atoms with Crippen molar-refractivity contribution in [3.63, 3.8) is 0 Å². The SMILES string of the molecule is CC(C)(C)OC(=O)NC(CSCc1cccc(C(=O)Nc2ccc(N3CCCCC3)cc2C(=O)N/N=C\c2ccc(Cl)c(C(F)(F)F)c2)c1)C(=O)NCCOCCOCCOCCN=[N+]=[N-]. The van der Waals surface area contributed by atoms with Gasteiger partial charge in [0.05, 0.1) is 67.7 Å². The van der Waals surface area contributed by atoms with Crippen LogP contribution < -0.4 is 26.3 Å². The fraction of sp³-hybridized carbons (Fsp3) is 0.477. The number of hydrazone groups is 1. The van der Waals surface area contributed by atoms with Gasteiger partial charge < -0.3 is 39.8 Å². The highest BCUT2D eigenvalue weighted by molar-refractivity contribution is 7.98. The van der Waals surface area contributed by atoms with Gasteiger partial charge in [0.2, 0.25) is 5.91 Å². The number of hydrogen-bond donors (Lipinski definition) is 4. The van der Waals surface area contributed by atoms with Gasteiger partial charge in [-0.05, 0) is 99.2 Å². The number of carbonyl (C=O) groups is 4. The Bertz CT molecular complexity index is 2170. The van der Waals surface area contributed by atoms with Crippen molar-refractivity contribution in [1.82, 2.24) is 16.1 Å². The fourth-order valence-electron chi connectivity index (χ4n) is 6.23. The van der Waals surface area contributed by atoms with E-state index in [1.807, 2.05) is 6.07 Å². The number of amides is 4. The highest BCUT2D eigenvalue weighted by atomic mass is 35.5. The number of anilines is 2. The number of alkyl halides is 3. The van der Waals surface area contributed by atoms with Crippen molar-refractivity contribution < 1.29 is 51.3 Å². The summed E-state index contributed by atoms with van der Waals surface area (Å²) in [7, 11) is 0. The minimum atomic E-state index is -4.68. The first-order chi connectivity index (χ1) is 31.5. The summed E-state index contributed by atoms with van der Waals surface area (Å²) in [6.45, 7) is 8.88. The highest BCUT2D eigenvalue weighted by Crippen LogP contribution is 2.35. The number of benzene rings is 3. The van der Waals surface area contributed by atoms with E-state index in [0.717, 1.165) is 62.0 Å². The Morgan fingerprint density at radius 3 is 2.32 bits per heavy atom. The lowest BCUT2D eigenvalue weighted by atomic mass is 10.1. The topological polar surface area (TPSA) is 218 Å². The van der Waals surface area contributed by atoms with E-state index >= 15 is 0 Å². The second kappa shape index (κ2) is 27.2. The van der Waals surface area contributed by atoms with Gasteiger partial charge in [-0.1, -0.05) is 34.9 Å². The fourth-order valence-corrected chi connectivity index (χ4v) is 7.46. The van der Waals surface area contributed by atoms with Crippen LogP contribution in [0.1, 0.15) is 77.4 Å². The number of azide groups is 1. The number of rotatable bonds is 24. The van der Waals surface area contributed by atoms with Gasteiger partial charge in [0.1, 0.15) is 11.6 Å². The predicted molar refractivity (Wildman–Crippen MR) is 247 cm³/mol. The third kappa shape index (κ3) is 19.1. The van der Waals surface area contributed by atoms with Gasteiger partial charge in [0.25, 0.3) is 11.8 Å². The standard InChI is InChI=1S/C44H55ClF3N9O8S/c1-43(2,3)65-42(61)54-38(41(60)50-14-18-62-20-22-64-23-21-63-19-15-51-56-49)29-66-28-31-8-7-9-32(24-31)39(58)53-37-13-11-33(57-16-5-4-6-17-57)26-34(37)40(59)55-52-27-30-10-12-36(45)35(25-30)44(46,47)48/h7-13,24-27,38H,4-6,14-23,28-29H2,1-3H3,(H,50,60)(H,53,58)(H,54,61)(H,55,59)/b52-27-. The largest absolute Gasteiger partial charge is 0.444 e. The van der Waals surface area contributed by atoms with Gasteiger partial charge >= 0.3 is 12.3 Å². The molecule has 22 heteroatoms. The molecule has 1 saturated heterocycles. The van der Waals surface area contributed by atoms with E-state index in [4.69, 9.17) is 36.1 Å². The molecule has 1 atom stereocenters. The van der Waals surface area contributed by atoms with E-state index in [1.165, 1.54) is 17.8 Å². The van der Waals surface area contributed by atoms with E-state index in [2.05, 4.69) is 41.4 Å². The minimum absolute atomic E-state index is 0.0551. The number of piperidine rings is 1. The number of nitrogens with zero attached hydrogens (tertiary/aromatic N) is 5. The Morgan fingerprint density at radius 2 is 1.62 bits per heavy atom. The van der Waals surface area contributed by atoms with E-state index in [-0.39, 0.29) is 54.4 Å². The lowest BCUT2D eigenvalue weighted by molar-refractivity contribution is -0.137. The summed E-state index contributed by atoms with van der Waals surface area (Å²) in [6.07, 6.45) is -1.34. The second-order valence-corrected chi connectivity index (χ2v) is 17.1. The molecule has 0 spiro atoms. The Labute approximate surface area is 390 Å². The van der Waals surface area contributed by atoms with Crippen molar-refractivity contribution in [2.75, 3.05) is 81.8 Å². The van der Waals surface area contributed by atoms with Crippen molar-refractivity contribution in [3.8, 4) is 0 Å². The van der Waals surface area contributed by atoms with Crippen LogP contribution in [0.15, 0.2) is 70.9 Å². The smallest absolute Gasteiger partial charge is 0.417 e. The van der Waals surface area contributed by atoms with Crippen LogP contribution in [0, 0.1) is 0 Å². The molecular formula is C44H55ClF3N9O8S. The number of thioether (sulfide) groups is 1. The van der Waals surface area contributed by atoms with E-state index < -0.39 is 52.2 Å². The third-order valence-electron chi connectivity index (χ3n) is 9.33. The molecule has 4 rings (SSSR count). The van der Waals surface area contributed by atoms with Crippen LogP contribution in [0.5, 0.6) is 0 Å². The summed E-state index contributed by atoms with van der Waals surface area (Å²) in [5.74, 6) is -1.15. The Hall–Kier alpha value is -5.57. The number of hydrogen-bond acceptors (Lipinski definition) is 12. The summed E-state index contributed by atoms with van der Waals surface area (Å²) < 4.78 is 61.8. The quantitative estimate of drug-likeness (QED) is 0.0170. The summed E-state index contributed by atoms with van der Waals surface area (Å²) in [4.78, 5) is 58.0. The molecule has 358 valence electrons. The zero-order valence-electron chi connectivity index (χ0n) is 37.0. The molecule has 0 radical (unpaired) electrons. The molecular weight excluding hydrogens is 907 g/mol. The third-order valence-corrected chi connectivity index (χ3v) is 10.8.